The van der Waals surface area contributed by atoms with Gasteiger partial charge in [0.15, 0.2) is 0 Å². The van der Waals surface area contributed by atoms with Crippen LogP contribution in [0.2, 0.25) is 0 Å². The van der Waals surface area contributed by atoms with Gasteiger partial charge in [0.1, 0.15) is 17.2 Å². The van der Waals surface area contributed by atoms with Crippen molar-refractivity contribution in [2.75, 3.05) is 13.1 Å². The first-order valence-corrected chi connectivity index (χ1v) is 15.1. The molecule has 0 bridgehead atoms. The number of amides is 4. The molecule has 3 N–H and O–H groups in total. The molecule has 3 atom stereocenters. The number of ether oxygens (including phenoxy) is 1. The maximum atomic E-state index is 12.9. The van der Waals surface area contributed by atoms with E-state index < -0.39 is 44.5 Å². The van der Waals surface area contributed by atoms with Crippen LogP contribution in [0.3, 0.4) is 0 Å². The van der Waals surface area contributed by atoms with E-state index in [9.17, 15) is 27.6 Å². The Morgan fingerprint density at radius 2 is 1.79 bits per heavy atom. The molecule has 4 amide bonds. The van der Waals surface area contributed by atoms with Crippen LogP contribution in [0.4, 0.5) is 4.79 Å². The zero-order valence-corrected chi connectivity index (χ0v) is 23.5. The van der Waals surface area contributed by atoms with E-state index in [4.69, 9.17) is 4.74 Å². The van der Waals surface area contributed by atoms with Crippen LogP contribution >= 0.6 is 0 Å². The van der Waals surface area contributed by atoms with Gasteiger partial charge in [-0.25, -0.2) is 13.2 Å². The number of unbranched alkanes of at least 4 members (excludes halogenated alkanes) is 3. The zero-order valence-electron chi connectivity index (χ0n) is 22.7. The Morgan fingerprint density at radius 1 is 1.11 bits per heavy atom. The highest BCUT2D eigenvalue weighted by Crippen LogP contribution is 2.45. The van der Waals surface area contributed by atoms with Crippen molar-refractivity contribution in [3.05, 3.63) is 12.2 Å². The van der Waals surface area contributed by atoms with Crippen molar-refractivity contribution < 1.29 is 32.3 Å². The van der Waals surface area contributed by atoms with Crippen LogP contribution in [0.1, 0.15) is 85.0 Å². The molecular formula is C26H42N4O7S. The molecule has 1 aliphatic heterocycles. The minimum absolute atomic E-state index is 0.0667. The molecule has 0 radical (unpaired) electrons. The normalized spacial score (nSPS) is 24.1. The number of hydrogen-bond donors (Lipinski definition) is 3. The number of alkyl carbamates (subject to hydrolysis) is 1. The maximum Gasteiger partial charge on any atom is 0.408 e. The number of hydrogen-bond acceptors (Lipinski definition) is 7. The van der Waals surface area contributed by atoms with Crippen molar-refractivity contribution >= 4 is 34.3 Å². The molecule has 0 spiro atoms. The lowest BCUT2D eigenvalue weighted by molar-refractivity contribution is -0.132. The van der Waals surface area contributed by atoms with E-state index in [-0.39, 0.29) is 11.8 Å². The minimum atomic E-state index is -3.68. The van der Waals surface area contributed by atoms with Crippen molar-refractivity contribution in [2.24, 2.45) is 5.92 Å². The van der Waals surface area contributed by atoms with Gasteiger partial charge in [0.05, 0.1) is 5.25 Å². The standard InChI is InChI=1S/C26H42N4O7S/c1-25(2,3)37-24(34)28-21(22(32)30-15-9-10-16-30)12-8-6-4-5-7-11-19-17-26(19,27-18-31)23(33)29-38(35,36)20-13-14-20/h7,11,18-21H,4-6,8-10,12-17H2,1-3H3,(H,27,31)(H,28,34)(H,29,33)/b11-7-/t19-,21+,26-/m1/s1. The van der Waals surface area contributed by atoms with E-state index in [0.29, 0.717) is 45.2 Å². The van der Waals surface area contributed by atoms with Crippen LogP contribution in [-0.2, 0) is 29.1 Å². The number of sulfonamides is 1. The molecule has 1 saturated heterocycles. The van der Waals surface area contributed by atoms with Gasteiger partial charge in [-0.1, -0.05) is 25.0 Å². The fourth-order valence-corrected chi connectivity index (χ4v) is 6.08. The fourth-order valence-electron chi connectivity index (χ4n) is 4.71. The van der Waals surface area contributed by atoms with Gasteiger partial charge in [0, 0.05) is 19.0 Å². The average Bonchev–Trinajstić information content (AvgIpc) is 3.73. The molecule has 3 fully saturated rings. The summed E-state index contributed by atoms with van der Waals surface area (Å²) in [7, 11) is -3.68. The van der Waals surface area contributed by atoms with Crippen molar-refractivity contribution in [3.63, 3.8) is 0 Å². The molecule has 12 heteroatoms. The summed E-state index contributed by atoms with van der Waals surface area (Å²) in [4.78, 5) is 50.7. The van der Waals surface area contributed by atoms with Crippen LogP contribution in [0.5, 0.6) is 0 Å². The Labute approximate surface area is 225 Å². The topological polar surface area (TPSA) is 151 Å². The largest absolute Gasteiger partial charge is 0.444 e. The summed E-state index contributed by atoms with van der Waals surface area (Å²) in [5, 5.41) is 4.75. The Morgan fingerprint density at radius 3 is 2.39 bits per heavy atom. The molecule has 11 nitrogen and oxygen atoms in total. The molecule has 0 aromatic rings. The Hall–Kier alpha value is -2.63. The molecule has 1 heterocycles. The summed E-state index contributed by atoms with van der Waals surface area (Å²) in [5.41, 5.74) is -1.86. The number of carbonyl (C=O) groups is 4. The van der Waals surface area contributed by atoms with Gasteiger partial charge in [-0.15, -0.1) is 0 Å². The van der Waals surface area contributed by atoms with Crippen molar-refractivity contribution in [3.8, 4) is 0 Å². The van der Waals surface area contributed by atoms with E-state index in [1.807, 2.05) is 12.2 Å². The minimum Gasteiger partial charge on any atom is -0.444 e. The van der Waals surface area contributed by atoms with Gasteiger partial charge in [0.25, 0.3) is 5.91 Å². The smallest absolute Gasteiger partial charge is 0.408 e. The second-order valence-corrected chi connectivity index (χ2v) is 13.5. The van der Waals surface area contributed by atoms with E-state index in [2.05, 4.69) is 15.4 Å². The maximum absolute atomic E-state index is 12.9. The number of likely N-dealkylation sites (tertiary alicyclic amines) is 1. The van der Waals surface area contributed by atoms with Gasteiger partial charge in [-0.2, -0.15) is 0 Å². The lowest BCUT2D eigenvalue weighted by Crippen LogP contribution is -2.50. The Bertz CT molecular complexity index is 1010. The number of allylic oxidation sites excluding steroid dienone is 1. The third-order valence-electron chi connectivity index (χ3n) is 7.07. The first kappa shape index (κ1) is 29.9. The van der Waals surface area contributed by atoms with E-state index in [1.54, 1.807) is 25.7 Å². The predicted octanol–water partition coefficient (Wildman–Crippen LogP) is 2.12. The van der Waals surface area contributed by atoms with Crippen LogP contribution < -0.4 is 15.4 Å². The number of nitrogens with one attached hydrogen (secondary N) is 3. The van der Waals surface area contributed by atoms with Gasteiger partial charge < -0.3 is 20.3 Å². The zero-order chi connectivity index (χ0) is 28.0. The highest BCUT2D eigenvalue weighted by molar-refractivity contribution is 7.91. The van der Waals surface area contributed by atoms with Crippen molar-refractivity contribution in [2.45, 2.75) is 107 Å². The van der Waals surface area contributed by atoms with Crippen LogP contribution in [-0.4, -0.2) is 73.2 Å². The summed E-state index contributed by atoms with van der Waals surface area (Å²) < 4.78 is 31.7. The molecule has 214 valence electrons. The van der Waals surface area contributed by atoms with E-state index >= 15 is 0 Å². The fraction of sp³-hybridized carbons (Fsp3) is 0.769. The predicted molar refractivity (Wildman–Crippen MR) is 141 cm³/mol. The molecule has 2 saturated carbocycles. The first-order valence-electron chi connectivity index (χ1n) is 13.6. The highest BCUT2D eigenvalue weighted by atomic mass is 32.2. The first-order chi connectivity index (χ1) is 17.9. The molecule has 0 unspecified atom stereocenters. The average molecular weight is 555 g/mol. The molecule has 3 rings (SSSR count). The van der Waals surface area contributed by atoms with Crippen molar-refractivity contribution in [1.82, 2.24) is 20.3 Å². The Kier molecular flexibility index (Phi) is 9.83. The third-order valence-corrected chi connectivity index (χ3v) is 8.89. The van der Waals surface area contributed by atoms with Gasteiger partial charge in [-0.05, 0) is 72.1 Å². The molecular weight excluding hydrogens is 512 g/mol. The lowest BCUT2D eigenvalue weighted by Gasteiger charge is -2.26. The number of carbonyl (C=O) groups excluding carboxylic acids is 4. The van der Waals surface area contributed by atoms with Crippen LogP contribution in [0, 0.1) is 5.92 Å². The SMILES string of the molecule is CC(C)(C)OC(=O)N[C@@H](CCCCC/C=C\[C@@H]1C[C@]1(NC=O)C(=O)NS(=O)(=O)C1CC1)C(=O)N1CCCC1. The summed E-state index contributed by atoms with van der Waals surface area (Å²) in [6.45, 7) is 6.76. The number of rotatable bonds is 14. The van der Waals surface area contributed by atoms with E-state index in [1.165, 1.54) is 0 Å². The highest BCUT2D eigenvalue weighted by Gasteiger charge is 2.60. The summed E-state index contributed by atoms with van der Waals surface area (Å²) in [6.07, 6.45) is 10.7. The molecule has 2 aliphatic carbocycles. The quantitative estimate of drug-likeness (QED) is 0.169. The van der Waals surface area contributed by atoms with Crippen LogP contribution in [0.25, 0.3) is 0 Å². The summed E-state index contributed by atoms with van der Waals surface area (Å²) in [5.74, 6) is -1.01. The molecule has 0 aromatic heterocycles. The molecule has 38 heavy (non-hydrogen) atoms. The monoisotopic (exact) mass is 554 g/mol. The van der Waals surface area contributed by atoms with Gasteiger partial charge >= 0.3 is 6.09 Å². The van der Waals surface area contributed by atoms with Gasteiger partial charge in [0.2, 0.25) is 22.3 Å². The van der Waals surface area contributed by atoms with Crippen molar-refractivity contribution in [1.29, 1.82) is 0 Å². The van der Waals surface area contributed by atoms with E-state index in [0.717, 1.165) is 38.5 Å². The molecule has 3 aliphatic rings. The lowest BCUT2D eigenvalue weighted by atomic mass is 10.1. The van der Waals surface area contributed by atoms with Gasteiger partial charge in [-0.3, -0.25) is 19.1 Å². The second kappa shape index (κ2) is 12.5. The third kappa shape index (κ3) is 8.44. The summed E-state index contributed by atoms with van der Waals surface area (Å²) >= 11 is 0. The summed E-state index contributed by atoms with van der Waals surface area (Å²) in [6, 6.07) is -0.620. The van der Waals surface area contributed by atoms with Crippen LogP contribution in [0.15, 0.2) is 12.2 Å². The molecule has 0 aromatic carbocycles. The second-order valence-electron chi connectivity index (χ2n) is 11.5. The Balaban J connectivity index is 1.42. The number of nitrogens with zero attached hydrogens (tertiary/aromatic N) is 1.